The van der Waals surface area contributed by atoms with Crippen molar-refractivity contribution in [2.24, 2.45) is 0 Å². The van der Waals surface area contributed by atoms with Crippen LogP contribution >= 0.6 is 0 Å². The minimum absolute atomic E-state index is 0.337. The molecule has 0 amide bonds. The van der Waals surface area contributed by atoms with Gasteiger partial charge in [0.2, 0.25) is 0 Å². The van der Waals surface area contributed by atoms with Gasteiger partial charge in [-0.05, 0) is 60.7 Å². The van der Waals surface area contributed by atoms with E-state index in [-0.39, 0.29) is 0 Å². The molecule has 0 unspecified atom stereocenters. The smallest absolute Gasteiger partial charge is 0.120 e. The first-order chi connectivity index (χ1) is 8.72. The largest absolute Gasteiger partial charge is 0.508 e. The summed E-state index contributed by atoms with van der Waals surface area (Å²) in [5.74, 6) is 1.27. The second-order valence-electron chi connectivity index (χ2n) is 4.85. The fraction of sp³-hybridized carbons (Fsp3) is 0.250. The number of phenolic OH excluding ortho intramolecular Hbond substituents is 1. The predicted octanol–water partition coefficient (Wildman–Crippen LogP) is 3.91. The predicted molar refractivity (Wildman–Crippen MR) is 71.9 cm³/mol. The van der Waals surface area contributed by atoms with E-state index in [9.17, 15) is 5.11 Å². The van der Waals surface area contributed by atoms with Gasteiger partial charge in [-0.15, -0.1) is 0 Å². The first-order valence-electron chi connectivity index (χ1n) is 6.29. The highest BCUT2D eigenvalue weighted by atomic mass is 16.5. The van der Waals surface area contributed by atoms with Crippen LogP contribution in [0.5, 0.6) is 11.5 Å². The number of benzene rings is 2. The molecule has 1 N–H and O–H groups in total. The highest BCUT2D eigenvalue weighted by Gasteiger charge is 2.23. The molecular formula is C16H16O2. The van der Waals surface area contributed by atoms with Crippen LogP contribution in [0.25, 0.3) is 11.1 Å². The number of hydrogen-bond acceptors (Lipinski definition) is 2. The number of aromatic hydroxyl groups is 1. The first-order valence-corrected chi connectivity index (χ1v) is 6.29. The highest BCUT2D eigenvalue weighted by molar-refractivity contribution is 5.67. The average Bonchev–Trinajstić information content (AvgIpc) is 3.17. The monoisotopic (exact) mass is 240 g/mol. The molecule has 0 atom stereocenters. The lowest BCUT2D eigenvalue weighted by molar-refractivity contribution is 0.303. The van der Waals surface area contributed by atoms with E-state index < -0.39 is 0 Å². The fourth-order valence-corrected chi connectivity index (χ4v) is 1.96. The van der Waals surface area contributed by atoms with E-state index in [1.54, 1.807) is 6.07 Å². The number of rotatable bonds is 3. The lowest BCUT2D eigenvalue weighted by atomic mass is 10.0. The second kappa shape index (κ2) is 4.37. The van der Waals surface area contributed by atoms with Crippen LogP contribution in [0.3, 0.4) is 0 Å². The molecule has 1 aliphatic carbocycles. The van der Waals surface area contributed by atoms with Crippen LogP contribution in [0.2, 0.25) is 0 Å². The van der Waals surface area contributed by atoms with Crippen molar-refractivity contribution in [1.29, 1.82) is 0 Å². The minimum atomic E-state index is 0.337. The van der Waals surface area contributed by atoms with Gasteiger partial charge in [0.15, 0.2) is 0 Å². The maximum atomic E-state index is 9.55. The van der Waals surface area contributed by atoms with Crippen LogP contribution in [0, 0.1) is 6.92 Å². The Kier molecular flexibility index (Phi) is 2.71. The van der Waals surface area contributed by atoms with Crippen molar-refractivity contribution < 1.29 is 9.84 Å². The molecule has 0 aromatic heterocycles. The third-order valence-corrected chi connectivity index (χ3v) is 3.19. The van der Waals surface area contributed by atoms with Crippen LogP contribution in [-0.4, -0.2) is 11.2 Å². The molecule has 1 saturated carbocycles. The zero-order valence-corrected chi connectivity index (χ0v) is 10.4. The van der Waals surface area contributed by atoms with Crippen molar-refractivity contribution in [1.82, 2.24) is 0 Å². The molecule has 2 aromatic carbocycles. The van der Waals surface area contributed by atoms with Crippen LogP contribution < -0.4 is 4.74 Å². The van der Waals surface area contributed by atoms with Crippen LogP contribution in [0.1, 0.15) is 18.4 Å². The molecule has 2 nitrogen and oxygen atoms in total. The van der Waals surface area contributed by atoms with E-state index in [2.05, 4.69) is 12.1 Å². The lowest BCUT2D eigenvalue weighted by Crippen LogP contribution is -1.95. The van der Waals surface area contributed by atoms with E-state index >= 15 is 0 Å². The zero-order valence-electron chi connectivity index (χ0n) is 10.4. The Labute approximate surface area is 107 Å². The summed E-state index contributed by atoms with van der Waals surface area (Å²) in [5.41, 5.74) is 3.11. The molecule has 0 spiro atoms. The molecule has 0 radical (unpaired) electrons. The van der Waals surface area contributed by atoms with E-state index in [1.165, 1.54) is 12.8 Å². The van der Waals surface area contributed by atoms with E-state index in [0.717, 1.165) is 22.4 Å². The number of aryl methyl sites for hydroxylation is 1. The van der Waals surface area contributed by atoms with Gasteiger partial charge in [-0.1, -0.05) is 18.2 Å². The Morgan fingerprint density at radius 2 is 1.83 bits per heavy atom. The number of phenols is 1. The molecule has 2 aromatic rings. The maximum Gasteiger partial charge on any atom is 0.120 e. The molecule has 0 heterocycles. The third-order valence-electron chi connectivity index (χ3n) is 3.19. The SMILES string of the molecule is Cc1cc(-c2cccc(OC3CC3)c2)ccc1O. The average molecular weight is 240 g/mol. The van der Waals surface area contributed by atoms with Gasteiger partial charge in [-0.2, -0.15) is 0 Å². The zero-order chi connectivity index (χ0) is 12.5. The summed E-state index contributed by atoms with van der Waals surface area (Å²) in [7, 11) is 0. The molecule has 0 aliphatic heterocycles. The Balaban J connectivity index is 1.92. The van der Waals surface area contributed by atoms with Crippen molar-refractivity contribution in [3.63, 3.8) is 0 Å². The van der Waals surface area contributed by atoms with E-state index in [4.69, 9.17) is 4.74 Å². The van der Waals surface area contributed by atoms with Crippen molar-refractivity contribution in [2.75, 3.05) is 0 Å². The van der Waals surface area contributed by atoms with E-state index in [0.29, 0.717) is 11.9 Å². The van der Waals surface area contributed by atoms with Crippen LogP contribution in [0.4, 0.5) is 0 Å². The Bertz CT molecular complexity index is 571. The van der Waals surface area contributed by atoms with Gasteiger partial charge >= 0.3 is 0 Å². The minimum Gasteiger partial charge on any atom is -0.508 e. The Morgan fingerprint density at radius 3 is 2.56 bits per heavy atom. The summed E-state index contributed by atoms with van der Waals surface area (Å²) >= 11 is 0. The molecular weight excluding hydrogens is 224 g/mol. The summed E-state index contributed by atoms with van der Waals surface area (Å²) in [4.78, 5) is 0. The topological polar surface area (TPSA) is 29.5 Å². The molecule has 1 fully saturated rings. The summed E-state index contributed by atoms with van der Waals surface area (Å²) in [5, 5.41) is 9.55. The number of ether oxygens (including phenoxy) is 1. The molecule has 0 saturated heterocycles. The normalized spacial score (nSPS) is 14.5. The van der Waals surface area contributed by atoms with Gasteiger partial charge in [0.25, 0.3) is 0 Å². The second-order valence-corrected chi connectivity index (χ2v) is 4.85. The van der Waals surface area contributed by atoms with Gasteiger partial charge in [0.1, 0.15) is 11.5 Å². The molecule has 2 heteroatoms. The lowest BCUT2D eigenvalue weighted by Gasteiger charge is -2.08. The van der Waals surface area contributed by atoms with Crippen molar-refractivity contribution >= 4 is 0 Å². The van der Waals surface area contributed by atoms with Gasteiger partial charge in [-0.3, -0.25) is 0 Å². The van der Waals surface area contributed by atoms with Crippen LogP contribution in [-0.2, 0) is 0 Å². The van der Waals surface area contributed by atoms with Gasteiger partial charge in [-0.25, -0.2) is 0 Å². The fourth-order valence-electron chi connectivity index (χ4n) is 1.96. The summed E-state index contributed by atoms with van der Waals surface area (Å²) in [6.45, 7) is 1.91. The van der Waals surface area contributed by atoms with E-state index in [1.807, 2.05) is 31.2 Å². The molecule has 92 valence electrons. The van der Waals surface area contributed by atoms with Crippen molar-refractivity contribution in [3.8, 4) is 22.6 Å². The molecule has 1 aliphatic rings. The van der Waals surface area contributed by atoms with Crippen LogP contribution in [0.15, 0.2) is 42.5 Å². The van der Waals surface area contributed by atoms with Gasteiger partial charge < -0.3 is 9.84 Å². The number of hydrogen-bond donors (Lipinski definition) is 1. The molecule has 0 bridgehead atoms. The van der Waals surface area contributed by atoms with Gasteiger partial charge in [0.05, 0.1) is 6.10 Å². The first kappa shape index (κ1) is 11.1. The maximum absolute atomic E-state index is 9.55. The Hall–Kier alpha value is -1.96. The quantitative estimate of drug-likeness (QED) is 0.881. The molecule has 18 heavy (non-hydrogen) atoms. The summed E-state index contributed by atoms with van der Waals surface area (Å²) in [6, 6.07) is 13.8. The Morgan fingerprint density at radius 1 is 1.06 bits per heavy atom. The molecule has 3 rings (SSSR count). The highest BCUT2D eigenvalue weighted by Crippen LogP contribution is 2.31. The summed E-state index contributed by atoms with van der Waals surface area (Å²) in [6.07, 6.45) is 2.76. The summed E-state index contributed by atoms with van der Waals surface area (Å²) < 4.78 is 5.79. The third kappa shape index (κ3) is 2.33. The van der Waals surface area contributed by atoms with Crippen molar-refractivity contribution in [3.05, 3.63) is 48.0 Å². The van der Waals surface area contributed by atoms with Gasteiger partial charge in [0, 0.05) is 0 Å². The standard InChI is InChI=1S/C16H16O2/c1-11-9-13(5-8-16(11)17)12-3-2-4-15(10-12)18-14-6-7-14/h2-5,8-10,14,17H,6-7H2,1H3. The van der Waals surface area contributed by atoms with Crippen molar-refractivity contribution in [2.45, 2.75) is 25.9 Å².